The topological polar surface area (TPSA) is 39.2 Å². The molecule has 0 aliphatic carbocycles. The van der Waals surface area contributed by atoms with E-state index in [-0.39, 0.29) is 0 Å². The van der Waals surface area contributed by atoms with Gasteiger partial charge in [0.2, 0.25) is 0 Å². The van der Waals surface area contributed by atoms with Crippen LogP contribution in [0.5, 0.6) is 0 Å². The monoisotopic (exact) mass is 311 g/mol. The van der Waals surface area contributed by atoms with Crippen molar-refractivity contribution in [2.75, 3.05) is 7.11 Å². The summed E-state index contributed by atoms with van der Waals surface area (Å²) in [5, 5.41) is 2.53. The molecular weight excluding hydrogens is 302 g/mol. The fraction of sp³-hybridized carbons (Fsp3) is 0.167. The van der Waals surface area contributed by atoms with E-state index < -0.39 is 5.97 Å². The molecule has 0 bridgehead atoms. The van der Waals surface area contributed by atoms with Gasteiger partial charge in [-0.05, 0) is 24.6 Å². The van der Waals surface area contributed by atoms with Gasteiger partial charge in [-0.2, -0.15) is 0 Å². The van der Waals surface area contributed by atoms with E-state index in [1.54, 1.807) is 5.38 Å². The number of rotatable bonds is 2. The molecule has 0 aliphatic rings. The summed E-state index contributed by atoms with van der Waals surface area (Å²) in [4.78, 5) is 15.5. The first-order valence-electron chi connectivity index (χ1n) is 4.92. The number of aromatic nitrogens is 1. The van der Waals surface area contributed by atoms with Crippen LogP contribution in [0.2, 0.25) is 0 Å². The molecule has 0 N–H and O–H groups in total. The predicted octanol–water partition coefficient (Wildman–Crippen LogP) is 3.67. The van der Waals surface area contributed by atoms with Crippen LogP contribution in [0.3, 0.4) is 0 Å². The van der Waals surface area contributed by atoms with Crippen LogP contribution in [0.25, 0.3) is 10.6 Å². The molecule has 0 atom stereocenters. The van der Waals surface area contributed by atoms with Crippen LogP contribution in [0.1, 0.15) is 16.1 Å². The molecule has 0 saturated carbocycles. The third-order valence-corrected chi connectivity index (χ3v) is 4.08. The lowest BCUT2D eigenvalue weighted by Gasteiger charge is -2.00. The molecule has 0 saturated heterocycles. The van der Waals surface area contributed by atoms with E-state index >= 15 is 0 Å². The number of benzene rings is 1. The van der Waals surface area contributed by atoms with Gasteiger partial charge in [0.1, 0.15) is 5.01 Å². The summed E-state index contributed by atoms with van der Waals surface area (Å²) in [6.45, 7) is 2.02. The Hall–Kier alpha value is -1.20. The number of hydrogen-bond acceptors (Lipinski definition) is 4. The Morgan fingerprint density at radius 2 is 2.24 bits per heavy atom. The first-order chi connectivity index (χ1) is 8.11. The lowest BCUT2D eigenvalue weighted by atomic mass is 10.1. The summed E-state index contributed by atoms with van der Waals surface area (Å²) in [5.74, 6) is -0.402. The summed E-state index contributed by atoms with van der Waals surface area (Å²) in [7, 11) is 1.35. The third kappa shape index (κ3) is 2.56. The van der Waals surface area contributed by atoms with Crippen molar-refractivity contribution in [3.63, 3.8) is 0 Å². The van der Waals surface area contributed by atoms with E-state index in [1.165, 1.54) is 18.4 Å². The van der Waals surface area contributed by atoms with Gasteiger partial charge >= 0.3 is 5.97 Å². The summed E-state index contributed by atoms with van der Waals surface area (Å²) >= 11 is 4.88. The number of carbonyl (C=O) groups is 1. The Morgan fingerprint density at radius 1 is 1.47 bits per heavy atom. The number of methoxy groups -OCH3 is 1. The molecule has 17 heavy (non-hydrogen) atoms. The quantitative estimate of drug-likeness (QED) is 0.794. The van der Waals surface area contributed by atoms with Crippen molar-refractivity contribution in [3.8, 4) is 10.6 Å². The molecule has 0 aliphatic heterocycles. The third-order valence-electron chi connectivity index (χ3n) is 2.30. The van der Waals surface area contributed by atoms with Gasteiger partial charge in [0, 0.05) is 15.4 Å². The average molecular weight is 312 g/mol. The Balaban J connectivity index is 2.37. The van der Waals surface area contributed by atoms with Crippen LogP contribution >= 0.6 is 27.3 Å². The van der Waals surface area contributed by atoms with Crippen molar-refractivity contribution in [1.82, 2.24) is 4.98 Å². The van der Waals surface area contributed by atoms with Crippen molar-refractivity contribution in [1.29, 1.82) is 0 Å². The number of aryl methyl sites for hydroxylation is 1. The van der Waals surface area contributed by atoms with Crippen molar-refractivity contribution in [2.45, 2.75) is 6.92 Å². The highest BCUT2D eigenvalue weighted by Gasteiger charge is 2.12. The molecule has 1 aromatic heterocycles. The Kier molecular flexibility index (Phi) is 3.59. The largest absolute Gasteiger partial charge is 0.464 e. The van der Waals surface area contributed by atoms with Crippen molar-refractivity contribution >= 4 is 33.2 Å². The zero-order valence-corrected chi connectivity index (χ0v) is 11.8. The minimum absolute atomic E-state index is 0.355. The zero-order chi connectivity index (χ0) is 12.4. The van der Waals surface area contributed by atoms with Gasteiger partial charge < -0.3 is 4.74 Å². The zero-order valence-electron chi connectivity index (χ0n) is 9.36. The highest BCUT2D eigenvalue weighted by Crippen LogP contribution is 2.27. The molecule has 0 amide bonds. The minimum Gasteiger partial charge on any atom is -0.464 e. The minimum atomic E-state index is -0.402. The van der Waals surface area contributed by atoms with Crippen LogP contribution in [0.4, 0.5) is 0 Å². The van der Waals surface area contributed by atoms with E-state index in [1.807, 2.05) is 25.1 Å². The van der Waals surface area contributed by atoms with Crippen molar-refractivity contribution in [2.24, 2.45) is 0 Å². The van der Waals surface area contributed by atoms with Gasteiger partial charge in [-0.1, -0.05) is 22.0 Å². The van der Waals surface area contributed by atoms with E-state index in [0.29, 0.717) is 5.69 Å². The molecule has 0 spiro atoms. The van der Waals surface area contributed by atoms with E-state index in [2.05, 4.69) is 25.7 Å². The Morgan fingerprint density at radius 3 is 2.88 bits per heavy atom. The van der Waals surface area contributed by atoms with Crippen LogP contribution in [-0.2, 0) is 4.74 Å². The Bertz CT molecular complexity index is 565. The molecule has 1 aromatic carbocycles. The fourth-order valence-electron chi connectivity index (χ4n) is 1.38. The molecule has 0 fully saturated rings. The van der Waals surface area contributed by atoms with Crippen LogP contribution in [0.15, 0.2) is 28.1 Å². The SMILES string of the molecule is COC(=O)c1csc(-c2ccc(Br)c(C)c2)n1. The van der Waals surface area contributed by atoms with E-state index in [9.17, 15) is 4.79 Å². The lowest BCUT2D eigenvalue weighted by Crippen LogP contribution is -2.00. The van der Waals surface area contributed by atoms with Gasteiger partial charge in [0.15, 0.2) is 5.69 Å². The highest BCUT2D eigenvalue weighted by atomic mass is 79.9. The molecule has 88 valence electrons. The second-order valence-electron chi connectivity index (χ2n) is 3.49. The first kappa shape index (κ1) is 12.3. The highest BCUT2D eigenvalue weighted by molar-refractivity contribution is 9.10. The van der Waals surface area contributed by atoms with Crippen LogP contribution in [0, 0.1) is 6.92 Å². The number of esters is 1. The van der Waals surface area contributed by atoms with Crippen LogP contribution in [-0.4, -0.2) is 18.1 Å². The van der Waals surface area contributed by atoms with Crippen molar-refractivity contribution < 1.29 is 9.53 Å². The molecule has 0 radical (unpaired) electrons. The molecule has 2 aromatic rings. The summed E-state index contributed by atoms with van der Waals surface area (Å²) in [6, 6.07) is 5.98. The summed E-state index contributed by atoms with van der Waals surface area (Å²) in [5.41, 5.74) is 2.50. The van der Waals surface area contributed by atoms with E-state index in [0.717, 1.165) is 20.6 Å². The number of carbonyl (C=O) groups excluding carboxylic acids is 1. The van der Waals surface area contributed by atoms with Crippen molar-refractivity contribution in [3.05, 3.63) is 39.3 Å². The maximum atomic E-state index is 11.3. The van der Waals surface area contributed by atoms with Crippen LogP contribution < -0.4 is 0 Å². The number of ether oxygens (including phenoxy) is 1. The Labute approximate surface area is 112 Å². The number of nitrogens with zero attached hydrogens (tertiary/aromatic N) is 1. The normalized spacial score (nSPS) is 10.3. The van der Waals surface area contributed by atoms with Gasteiger partial charge in [0.05, 0.1) is 7.11 Å². The molecular formula is C12H10BrNO2S. The molecule has 3 nitrogen and oxygen atoms in total. The van der Waals surface area contributed by atoms with E-state index in [4.69, 9.17) is 0 Å². The average Bonchev–Trinajstić information content (AvgIpc) is 2.81. The fourth-order valence-corrected chi connectivity index (χ4v) is 2.42. The standard InChI is InChI=1S/C12H10BrNO2S/c1-7-5-8(3-4-9(7)13)11-14-10(6-17-11)12(15)16-2/h3-6H,1-2H3. The van der Waals surface area contributed by atoms with Gasteiger partial charge in [0.25, 0.3) is 0 Å². The number of hydrogen-bond donors (Lipinski definition) is 0. The summed E-state index contributed by atoms with van der Waals surface area (Å²) < 4.78 is 5.69. The lowest BCUT2D eigenvalue weighted by molar-refractivity contribution is 0.0595. The van der Waals surface area contributed by atoms with Gasteiger partial charge in [-0.3, -0.25) is 0 Å². The smallest absolute Gasteiger partial charge is 0.357 e. The second kappa shape index (κ2) is 4.98. The molecule has 1 heterocycles. The predicted molar refractivity (Wildman–Crippen MR) is 71.3 cm³/mol. The summed E-state index contributed by atoms with van der Waals surface area (Å²) in [6.07, 6.45) is 0. The first-order valence-corrected chi connectivity index (χ1v) is 6.59. The maximum Gasteiger partial charge on any atom is 0.357 e. The molecule has 0 unspecified atom stereocenters. The molecule has 2 rings (SSSR count). The van der Waals surface area contributed by atoms with Gasteiger partial charge in [-0.25, -0.2) is 9.78 Å². The maximum absolute atomic E-state index is 11.3. The van der Waals surface area contributed by atoms with Gasteiger partial charge in [-0.15, -0.1) is 11.3 Å². The second-order valence-corrected chi connectivity index (χ2v) is 5.21. The number of thiazole rings is 1. The molecule has 5 heteroatoms. The number of halogens is 1.